The molecule has 4 heterocycles. The highest BCUT2D eigenvalue weighted by Gasteiger charge is 2.57. The van der Waals surface area contributed by atoms with E-state index in [-0.39, 0.29) is 24.0 Å². The number of amides is 3. The minimum absolute atomic E-state index is 0.109. The van der Waals surface area contributed by atoms with E-state index in [9.17, 15) is 24.0 Å². The number of aromatic amines is 1. The van der Waals surface area contributed by atoms with Gasteiger partial charge in [-0.15, -0.1) is 0 Å². The van der Waals surface area contributed by atoms with E-state index in [0.29, 0.717) is 45.6 Å². The second-order valence-electron chi connectivity index (χ2n) is 10.4. The Morgan fingerprint density at radius 3 is 2.49 bits per heavy atom. The van der Waals surface area contributed by atoms with Crippen molar-refractivity contribution >= 4 is 68.4 Å². The van der Waals surface area contributed by atoms with Crippen LogP contribution in [0.25, 0.3) is 0 Å². The number of fused-ring (bicyclic) bond motifs is 2. The number of likely N-dealkylation sites (tertiary alicyclic amines) is 1. The van der Waals surface area contributed by atoms with Gasteiger partial charge in [0.15, 0.2) is 6.61 Å². The zero-order valence-corrected chi connectivity index (χ0v) is 26.4. The van der Waals surface area contributed by atoms with Gasteiger partial charge in [0.2, 0.25) is 11.8 Å². The fraction of sp³-hybridized carbons (Fsp3) is 0.367. The lowest BCUT2D eigenvalue weighted by Crippen LogP contribution is -2.38. The predicted octanol–water partition coefficient (Wildman–Crippen LogP) is 4.56. The molecule has 0 spiro atoms. The SMILES string of the molecule is CCOC(=O)c1ccc(N2C(=O)C3Sc4[nH]c(=O)sc4C(c4cc(Br)ccc4OCC(=O)N4CCCCC4)C3C2=O)cc1. The van der Waals surface area contributed by atoms with Crippen LogP contribution < -0.4 is 14.5 Å². The Bertz CT molecular complexity index is 1650. The normalized spacial score (nSPS) is 21.4. The average Bonchev–Trinajstić information content (AvgIpc) is 3.50. The third-order valence-corrected chi connectivity index (χ3v) is 10.7. The summed E-state index contributed by atoms with van der Waals surface area (Å²) in [5.74, 6) is -2.54. The van der Waals surface area contributed by atoms with Gasteiger partial charge in [0.25, 0.3) is 5.91 Å². The minimum Gasteiger partial charge on any atom is -0.483 e. The van der Waals surface area contributed by atoms with Crippen LogP contribution in [0.1, 0.15) is 52.9 Å². The number of carbonyl (C=O) groups is 4. The van der Waals surface area contributed by atoms with E-state index in [1.807, 2.05) is 6.07 Å². The van der Waals surface area contributed by atoms with E-state index in [2.05, 4.69) is 20.9 Å². The van der Waals surface area contributed by atoms with Crippen molar-refractivity contribution in [3.63, 3.8) is 0 Å². The zero-order chi connectivity index (χ0) is 30.2. The molecule has 224 valence electrons. The highest BCUT2D eigenvalue weighted by molar-refractivity contribution is 9.10. The van der Waals surface area contributed by atoms with Gasteiger partial charge in [0.05, 0.1) is 28.8 Å². The van der Waals surface area contributed by atoms with E-state index in [4.69, 9.17) is 9.47 Å². The molecule has 3 aliphatic heterocycles. The van der Waals surface area contributed by atoms with Crippen molar-refractivity contribution in [2.24, 2.45) is 5.92 Å². The van der Waals surface area contributed by atoms with Gasteiger partial charge < -0.3 is 19.4 Å². The molecule has 0 saturated carbocycles. The van der Waals surface area contributed by atoms with E-state index in [1.54, 1.807) is 36.1 Å². The molecule has 0 bridgehead atoms. The van der Waals surface area contributed by atoms with E-state index >= 15 is 0 Å². The molecule has 2 saturated heterocycles. The lowest BCUT2D eigenvalue weighted by atomic mass is 9.82. The summed E-state index contributed by atoms with van der Waals surface area (Å²) in [5.41, 5.74) is 1.25. The first-order valence-corrected chi connectivity index (χ1v) is 16.5. The van der Waals surface area contributed by atoms with Crippen molar-refractivity contribution in [1.29, 1.82) is 0 Å². The average molecular weight is 687 g/mol. The van der Waals surface area contributed by atoms with Crippen LogP contribution in [0.3, 0.4) is 0 Å². The van der Waals surface area contributed by atoms with Crippen LogP contribution in [0.15, 0.2) is 56.8 Å². The number of H-pyrrole nitrogens is 1. The number of rotatable bonds is 7. The van der Waals surface area contributed by atoms with Crippen LogP contribution in [0.5, 0.6) is 5.75 Å². The smallest absolute Gasteiger partial charge is 0.338 e. The van der Waals surface area contributed by atoms with Gasteiger partial charge in [-0.25, -0.2) is 9.69 Å². The molecule has 0 aliphatic carbocycles. The number of nitrogens with one attached hydrogen (secondary N) is 1. The zero-order valence-electron chi connectivity index (χ0n) is 23.2. The minimum atomic E-state index is -0.837. The van der Waals surface area contributed by atoms with Crippen LogP contribution in [-0.2, 0) is 19.1 Å². The Kier molecular flexibility index (Phi) is 8.47. The van der Waals surface area contributed by atoms with Crippen molar-refractivity contribution in [2.45, 2.75) is 42.4 Å². The Labute approximate surface area is 263 Å². The van der Waals surface area contributed by atoms with Gasteiger partial charge in [-0.05, 0) is 68.7 Å². The van der Waals surface area contributed by atoms with Crippen LogP contribution in [0.2, 0.25) is 0 Å². The number of thiazole rings is 1. The Morgan fingerprint density at radius 2 is 1.77 bits per heavy atom. The summed E-state index contributed by atoms with van der Waals surface area (Å²) < 4.78 is 11.9. The molecule has 1 aromatic heterocycles. The number of benzene rings is 2. The van der Waals surface area contributed by atoms with E-state index in [1.165, 1.54) is 23.9 Å². The molecule has 3 aliphatic rings. The van der Waals surface area contributed by atoms with Crippen molar-refractivity contribution in [3.8, 4) is 5.75 Å². The molecule has 1 N–H and O–H groups in total. The lowest BCUT2D eigenvalue weighted by Gasteiger charge is -2.31. The van der Waals surface area contributed by atoms with Crippen LogP contribution in [0, 0.1) is 5.92 Å². The maximum atomic E-state index is 14.1. The Balaban J connectivity index is 1.35. The summed E-state index contributed by atoms with van der Waals surface area (Å²) in [5, 5.41) is -0.265. The molecule has 0 radical (unpaired) electrons. The molecule has 3 atom stereocenters. The highest BCUT2D eigenvalue weighted by atomic mass is 79.9. The molecule has 13 heteroatoms. The third-order valence-electron chi connectivity index (χ3n) is 7.83. The van der Waals surface area contributed by atoms with Gasteiger partial charge in [-0.2, -0.15) is 0 Å². The van der Waals surface area contributed by atoms with Crippen molar-refractivity contribution < 1.29 is 28.7 Å². The van der Waals surface area contributed by atoms with Crippen LogP contribution in [-0.4, -0.2) is 65.1 Å². The summed E-state index contributed by atoms with van der Waals surface area (Å²) in [6.45, 7) is 3.18. The summed E-state index contributed by atoms with van der Waals surface area (Å²) >= 11 is 5.70. The monoisotopic (exact) mass is 685 g/mol. The van der Waals surface area contributed by atoms with Gasteiger partial charge >= 0.3 is 10.8 Å². The molecule has 2 fully saturated rings. The number of halogens is 1. The van der Waals surface area contributed by atoms with Crippen LogP contribution in [0.4, 0.5) is 5.69 Å². The van der Waals surface area contributed by atoms with Crippen molar-refractivity contribution in [1.82, 2.24) is 9.88 Å². The molecule has 3 unspecified atom stereocenters. The second kappa shape index (κ2) is 12.3. The number of carbonyl (C=O) groups excluding carboxylic acids is 4. The first kappa shape index (κ1) is 29.6. The second-order valence-corrected chi connectivity index (χ2v) is 13.5. The number of hydrogen-bond donors (Lipinski definition) is 1. The van der Waals surface area contributed by atoms with Gasteiger partial charge in [-0.1, -0.05) is 39.0 Å². The summed E-state index contributed by atoms with van der Waals surface area (Å²) in [6.07, 6.45) is 3.03. The predicted molar refractivity (Wildman–Crippen MR) is 165 cm³/mol. The topological polar surface area (TPSA) is 126 Å². The third kappa shape index (κ3) is 5.65. The fourth-order valence-corrected chi connectivity index (χ4v) is 8.72. The molecular weight excluding hydrogens is 658 g/mol. The number of piperidine rings is 1. The van der Waals surface area contributed by atoms with Gasteiger partial charge in [0.1, 0.15) is 11.0 Å². The number of esters is 1. The highest BCUT2D eigenvalue weighted by Crippen LogP contribution is 2.54. The number of ether oxygens (including phenoxy) is 2. The van der Waals surface area contributed by atoms with Gasteiger partial charge in [-0.3, -0.25) is 19.2 Å². The summed E-state index contributed by atoms with van der Waals surface area (Å²) in [7, 11) is 0. The molecule has 10 nitrogen and oxygen atoms in total. The number of anilines is 1. The summed E-state index contributed by atoms with van der Waals surface area (Å²) in [6, 6.07) is 11.5. The molecule has 3 aromatic rings. The quantitative estimate of drug-likeness (QED) is 0.283. The maximum Gasteiger partial charge on any atom is 0.338 e. The lowest BCUT2D eigenvalue weighted by molar-refractivity contribution is -0.134. The van der Waals surface area contributed by atoms with E-state index < -0.39 is 34.9 Å². The standard InChI is InChI=1S/C30H28BrN3O7S2/c1-2-40-29(38)16-6-9-18(10-7-16)34-27(36)23-22(24-26(32-30(39)43-24)42-25(23)28(34)37)19-14-17(31)8-11-20(19)41-15-21(35)33-12-4-3-5-13-33/h6-11,14,22-23,25H,2-5,12-13,15H2,1H3,(H,32,39). The number of aromatic nitrogens is 1. The van der Waals surface area contributed by atoms with Gasteiger partial charge in [0, 0.05) is 33.9 Å². The maximum absolute atomic E-state index is 14.1. The molecule has 2 aromatic carbocycles. The largest absolute Gasteiger partial charge is 0.483 e. The molecule has 6 rings (SSSR count). The number of imide groups is 1. The first-order valence-electron chi connectivity index (χ1n) is 14.0. The Morgan fingerprint density at radius 1 is 1.02 bits per heavy atom. The number of nitrogens with zero attached hydrogens (tertiary/aromatic N) is 2. The van der Waals surface area contributed by atoms with E-state index in [0.717, 1.165) is 40.0 Å². The van der Waals surface area contributed by atoms with Crippen LogP contribution >= 0.6 is 39.0 Å². The number of hydrogen-bond acceptors (Lipinski definition) is 9. The molecular formula is C30H28BrN3O7S2. The fourth-order valence-electron chi connectivity index (χ4n) is 5.84. The molecule has 43 heavy (non-hydrogen) atoms. The Hall–Kier alpha value is -3.42. The first-order chi connectivity index (χ1) is 20.8. The summed E-state index contributed by atoms with van der Waals surface area (Å²) in [4.78, 5) is 71.7. The van der Waals surface area contributed by atoms with Crippen molar-refractivity contribution in [2.75, 3.05) is 31.2 Å². The molecule has 3 amide bonds. The number of thioether (sulfide) groups is 1. The van der Waals surface area contributed by atoms with Crippen molar-refractivity contribution in [3.05, 3.63) is 72.6 Å².